The quantitative estimate of drug-likeness (QED) is 0.321. The van der Waals surface area contributed by atoms with E-state index in [1.54, 1.807) is 0 Å². The molecule has 0 bridgehead atoms. The van der Waals surface area contributed by atoms with Gasteiger partial charge in [0.25, 0.3) is 5.56 Å². The molecule has 1 aliphatic rings. The molecule has 1 aliphatic carbocycles. The summed E-state index contributed by atoms with van der Waals surface area (Å²) in [6.07, 6.45) is 5.95. The minimum atomic E-state index is -0.0404. The Balaban J connectivity index is 1.55. The topological polar surface area (TPSA) is 79.7 Å². The van der Waals surface area contributed by atoms with Crippen molar-refractivity contribution in [1.82, 2.24) is 30.1 Å². The monoisotopic (exact) mass is 498 g/mol. The Bertz CT molecular complexity index is 1400. The summed E-state index contributed by atoms with van der Waals surface area (Å²) < 4.78 is 2.08. The zero-order valence-corrected chi connectivity index (χ0v) is 22.4. The van der Waals surface area contributed by atoms with E-state index in [9.17, 15) is 4.79 Å². The van der Waals surface area contributed by atoms with Gasteiger partial charge in [0.1, 0.15) is 0 Å². The van der Waals surface area contributed by atoms with Crippen LogP contribution < -0.4 is 5.56 Å². The molecule has 0 spiro atoms. The number of nitrogens with one attached hydrogen (secondary N) is 1. The Morgan fingerprint density at radius 2 is 1.70 bits per heavy atom. The number of aryl methyl sites for hydroxylation is 2. The summed E-state index contributed by atoms with van der Waals surface area (Å²) in [7, 11) is 0. The highest BCUT2D eigenvalue weighted by molar-refractivity contribution is 5.79. The number of pyridine rings is 1. The largest absolute Gasteiger partial charge is 0.322 e. The zero-order chi connectivity index (χ0) is 25.9. The van der Waals surface area contributed by atoms with Crippen LogP contribution in [0.4, 0.5) is 0 Å². The molecule has 1 fully saturated rings. The molecular weight excluding hydrogens is 460 g/mol. The Hall–Kier alpha value is -3.32. The van der Waals surface area contributed by atoms with Crippen LogP contribution in [0.2, 0.25) is 0 Å². The maximum atomic E-state index is 13.2. The fourth-order valence-corrected chi connectivity index (χ4v) is 5.74. The van der Waals surface area contributed by atoms with Gasteiger partial charge in [0, 0.05) is 24.2 Å². The summed E-state index contributed by atoms with van der Waals surface area (Å²) in [5, 5.41) is 14.3. The van der Waals surface area contributed by atoms with Crippen molar-refractivity contribution in [3.05, 3.63) is 87.0 Å². The van der Waals surface area contributed by atoms with Gasteiger partial charge < -0.3 is 4.98 Å². The van der Waals surface area contributed by atoms with E-state index in [4.69, 9.17) is 0 Å². The van der Waals surface area contributed by atoms with E-state index in [0.29, 0.717) is 19.1 Å². The van der Waals surface area contributed by atoms with Crippen LogP contribution in [-0.4, -0.2) is 30.1 Å². The first-order valence-corrected chi connectivity index (χ1v) is 13.6. The van der Waals surface area contributed by atoms with Gasteiger partial charge in [-0.05, 0) is 71.7 Å². The third kappa shape index (κ3) is 5.67. The Labute approximate surface area is 218 Å². The number of benzene rings is 2. The molecule has 2 aromatic heterocycles. The molecule has 194 valence electrons. The van der Waals surface area contributed by atoms with E-state index >= 15 is 0 Å². The second-order valence-corrected chi connectivity index (χ2v) is 11.1. The van der Waals surface area contributed by atoms with Crippen LogP contribution in [0.1, 0.15) is 86.1 Å². The predicted octanol–water partition coefficient (Wildman–Crippen LogP) is 6.04. The standard InChI is InChI=1S/C30H38N6O/c1-20(2)28(29-32-33-34-36(29)26-8-6-5-7-9-26)35(18-23-13-10-21(3)11-14-23)19-25-17-24-15-12-22(4)16-27(24)31-30(25)37/h10-17,20,26,28H,5-9,18-19H2,1-4H3,(H,31,37). The highest BCUT2D eigenvalue weighted by Gasteiger charge is 2.32. The lowest BCUT2D eigenvalue weighted by Crippen LogP contribution is -2.36. The van der Waals surface area contributed by atoms with Crippen LogP contribution in [0.5, 0.6) is 0 Å². The van der Waals surface area contributed by atoms with Crippen molar-refractivity contribution < 1.29 is 0 Å². The van der Waals surface area contributed by atoms with Crippen LogP contribution in [0.25, 0.3) is 10.9 Å². The molecule has 0 saturated heterocycles. The minimum Gasteiger partial charge on any atom is -0.322 e. The van der Waals surface area contributed by atoms with E-state index in [0.717, 1.165) is 40.7 Å². The van der Waals surface area contributed by atoms with Crippen LogP contribution in [0.15, 0.2) is 53.3 Å². The molecule has 1 saturated carbocycles. The van der Waals surface area contributed by atoms with Gasteiger partial charge in [-0.1, -0.05) is 75.1 Å². The summed E-state index contributed by atoms with van der Waals surface area (Å²) in [6.45, 7) is 9.80. The van der Waals surface area contributed by atoms with Crippen molar-refractivity contribution in [3.8, 4) is 0 Å². The number of H-pyrrole nitrogens is 1. The fourth-order valence-electron chi connectivity index (χ4n) is 5.74. The van der Waals surface area contributed by atoms with Gasteiger partial charge in [-0.15, -0.1) is 5.10 Å². The Kier molecular flexibility index (Phi) is 7.51. The van der Waals surface area contributed by atoms with Crippen molar-refractivity contribution in [1.29, 1.82) is 0 Å². The predicted molar refractivity (Wildman–Crippen MR) is 147 cm³/mol. The highest BCUT2D eigenvalue weighted by Crippen LogP contribution is 2.34. The first-order chi connectivity index (χ1) is 17.9. The van der Waals surface area contributed by atoms with Gasteiger partial charge in [0.15, 0.2) is 5.82 Å². The van der Waals surface area contributed by atoms with Gasteiger partial charge in [-0.25, -0.2) is 4.68 Å². The third-order valence-corrected chi connectivity index (χ3v) is 7.69. The number of aromatic nitrogens is 5. The number of hydrogen-bond acceptors (Lipinski definition) is 5. The second-order valence-electron chi connectivity index (χ2n) is 11.1. The van der Waals surface area contributed by atoms with Gasteiger partial charge in [-0.3, -0.25) is 9.69 Å². The van der Waals surface area contributed by atoms with Gasteiger partial charge in [-0.2, -0.15) is 0 Å². The summed E-state index contributed by atoms with van der Waals surface area (Å²) in [6, 6.07) is 17.2. The lowest BCUT2D eigenvalue weighted by Gasteiger charge is -2.35. The molecule has 37 heavy (non-hydrogen) atoms. The number of rotatable bonds is 8. The van der Waals surface area contributed by atoms with E-state index in [2.05, 4.69) is 87.3 Å². The summed E-state index contributed by atoms with van der Waals surface area (Å²) >= 11 is 0. The minimum absolute atomic E-state index is 0.0358. The maximum absolute atomic E-state index is 13.2. The van der Waals surface area contributed by atoms with E-state index in [1.165, 1.54) is 30.4 Å². The summed E-state index contributed by atoms with van der Waals surface area (Å²) in [5.74, 6) is 1.16. The van der Waals surface area contributed by atoms with Crippen LogP contribution >= 0.6 is 0 Å². The number of fused-ring (bicyclic) bond motifs is 1. The summed E-state index contributed by atoms with van der Waals surface area (Å²) in [5.41, 5.74) is 5.16. The molecule has 1 unspecified atom stereocenters. The van der Waals surface area contributed by atoms with Crippen molar-refractivity contribution in [2.24, 2.45) is 5.92 Å². The second kappa shape index (κ2) is 11.0. The number of hydrogen-bond donors (Lipinski definition) is 1. The summed E-state index contributed by atoms with van der Waals surface area (Å²) in [4.78, 5) is 18.7. The Morgan fingerprint density at radius 1 is 0.973 bits per heavy atom. The average Bonchev–Trinajstić information content (AvgIpc) is 3.35. The molecule has 2 aromatic carbocycles. The molecule has 4 aromatic rings. The third-order valence-electron chi connectivity index (χ3n) is 7.69. The van der Waals surface area contributed by atoms with E-state index in [-0.39, 0.29) is 17.5 Å². The first-order valence-electron chi connectivity index (χ1n) is 13.6. The molecule has 0 amide bonds. The molecule has 1 N–H and O–H groups in total. The fraction of sp³-hybridized carbons (Fsp3) is 0.467. The van der Waals surface area contributed by atoms with Gasteiger partial charge >= 0.3 is 0 Å². The molecule has 0 aliphatic heterocycles. The highest BCUT2D eigenvalue weighted by atomic mass is 16.1. The van der Waals surface area contributed by atoms with Crippen molar-refractivity contribution >= 4 is 10.9 Å². The molecule has 1 atom stereocenters. The molecule has 7 nitrogen and oxygen atoms in total. The molecule has 0 radical (unpaired) electrons. The normalized spacial score (nSPS) is 15.6. The number of aromatic amines is 1. The smallest absolute Gasteiger partial charge is 0.252 e. The van der Waals surface area contributed by atoms with Crippen LogP contribution in [-0.2, 0) is 13.1 Å². The molecule has 7 heteroatoms. The Morgan fingerprint density at radius 3 is 2.43 bits per heavy atom. The van der Waals surface area contributed by atoms with Crippen molar-refractivity contribution in [2.45, 2.75) is 85.0 Å². The zero-order valence-electron chi connectivity index (χ0n) is 22.4. The lowest BCUT2D eigenvalue weighted by molar-refractivity contribution is 0.121. The average molecular weight is 499 g/mol. The van der Waals surface area contributed by atoms with Gasteiger partial charge in [0.2, 0.25) is 0 Å². The van der Waals surface area contributed by atoms with Crippen LogP contribution in [0.3, 0.4) is 0 Å². The maximum Gasteiger partial charge on any atom is 0.252 e. The SMILES string of the molecule is Cc1ccc(CN(Cc2cc3ccc(C)cc3[nH]c2=O)C(c2nnnn2C2CCCCC2)C(C)C)cc1. The number of tetrazole rings is 1. The molecule has 2 heterocycles. The molecule has 5 rings (SSSR count). The first kappa shape index (κ1) is 25.3. The lowest BCUT2D eigenvalue weighted by atomic mass is 9.94. The van der Waals surface area contributed by atoms with Crippen LogP contribution in [0, 0.1) is 19.8 Å². The number of nitrogens with zero attached hydrogens (tertiary/aromatic N) is 5. The van der Waals surface area contributed by atoms with E-state index < -0.39 is 0 Å². The molecular formula is C30H38N6O. The van der Waals surface area contributed by atoms with Crippen molar-refractivity contribution in [3.63, 3.8) is 0 Å². The van der Waals surface area contributed by atoms with Gasteiger partial charge in [0.05, 0.1) is 12.1 Å². The van der Waals surface area contributed by atoms with Crippen molar-refractivity contribution in [2.75, 3.05) is 0 Å². The van der Waals surface area contributed by atoms with E-state index in [1.807, 2.05) is 19.1 Å².